The van der Waals surface area contributed by atoms with Crippen molar-refractivity contribution in [3.8, 4) is 0 Å². The van der Waals surface area contributed by atoms with Crippen LogP contribution in [0.3, 0.4) is 0 Å². The molecule has 116 valence electrons. The number of allylic oxidation sites excluding steroid dienone is 2. The minimum atomic E-state index is 0.335. The van der Waals surface area contributed by atoms with Gasteiger partial charge < -0.3 is 0 Å². The second-order valence-electron chi connectivity index (χ2n) is 5.82. The van der Waals surface area contributed by atoms with Crippen LogP contribution in [0.25, 0.3) is 4.91 Å². The van der Waals surface area contributed by atoms with E-state index >= 15 is 0 Å². The Bertz CT molecular complexity index is 551. The van der Waals surface area contributed by atoms with E-state index in [0.29, 0.717) is 9.89 Å². The van der Waals surface area contributed by atoms with Crippen LogP contribution >= 0.6 is 21.2 Å². The third-order valence-electron chi connectivity index (χ3n) is 4.42. The lowest BCUT2D eigenvalue weighted by Crippen LogP contribution is -1.99. The van der Waals surface area contributed by atoms with Gasteiger partial charge >= 0.3 is 0 Å². The lowest BCUT2D eigenvalue weighted by molar-refractivity contribution is 0.433. The second kappa shape index (κ2) is 8.40. The molecule has 0 fully saturated rings. The van der Waals surface area contributed by atoms with Gasteiger partial charge in [-0.1, -0.05) is 46.1 Å². The molecule has 0 amide bonds. The van der Waals surface area contributed by atoms with Crippen molar-refractivity contribution in [1.29, 1.82) is 0 Å². The fourth-order valence-electron chi connectivity index (χ4n) is 3.07. The summed E-state index contributed by atoms with van der Waals surface area (Å²) < 4.78 is 0. The van der Waals surface area contributed by atoms with E-state index in [1.54, 1.807) is 20.9 Å². The highest BCUT2D eigenvalue weighted by molar-refractivity contribution is 8.28. The largest absolute Gasteiger partial charge is 0.164 e. The topological polar surface area (TPSA) is 0 Å². The zero-order chi connectivity index (χ0) is 15.2. The van der Waals surface area contributed by atoms with Gasteiger partial charge in [0, 0.05) is 18.7 Å². The molecule has 0 nitrogen and oxygen atoms in total. The van der Waals surface area contributed by atoms with Crippen LogP contribution in [0.4, 0.5) is 0 Å². The van der Waals surface area contributed by atoms with E-state index in [0.717, 1.165) is 12.3 Å². The van der Waals surface area contributed by atoms with Crippen LogP contribution in [-0.4, -0.2) is 8.95 Å². The number of rotatable bonds is 8. The Hall–Kier alpha value is -0.253. The summed E-state index contributed by atoms with van der Waals surface area (Å²) in [6.45, 7) is 6.94. The van der Waals surface area contributed by atoms with Crippen molar-refractivity contribution in [1.82, 2.24) is 0 Å². The van der Waals surface area contributed by atoms with Gasteiger partial charge in [-0.2, -0.15) is 9.89 Å². The zero-order valence-corrected chi connectivity index (χ0v) is 16.7. The Morgan fingerprint density at radius 1 is 1.24 bits per heavy atom. The van der Waals surface area contributed by atoms with Gasteiger partial charge in [0.15, 0.2) is 0 Å². The fraction of sp³-hybridized carbons (Fsp3) is 0.556. The van der Waals surface area contributed by atoms with Crippen LogP contribution in [0, 0.1) is 5.92 Å². The predicted octanol–water partition coefficient (Wildman–Crippen LogP) is 5.97. The van der Waals surface area contributed by atoms with Gasteiger partial charge in [-0.05, 0) is 53.2 Å². The fourth-order valence-corrected chi connectivity index (χ4v) is 7.44. The Balaban J connectivity index is 2.18. The number of thiophene rings is 1. The van der Waals surface area contributed by atoms with E-state index < -0.39 is 0 Å². The summed E-state index contributed by atoms with van der Waals surface area (Å²) in [5.74, 6) is 0.910. The van der Waals surface area contributed by atoms with Crippen molar-refractivity contribution in [3.05, 3.63) is 38.9 Å². The molecule has 1 aliphatic heterocycles. The van der Waals surface area contributed by atoms with Crippen molar-refractivity contribution in [2.75, 3.05) is 0 Å². The third-order valence-corrected chi connectivity index (χ3v) is 8.42. The van der Waals surface area contributed by atoms with Gasteiger partial charge in [0.1, 0.15) is 0 Å². The Labute approximate surface area is 139 Å². The van der Waals surface area contributed by atoms with Crippen LogP contribution in [-0.2, 0) is 6.42 Å². The molecule has 0 bridgehead atoms. The molecule has 1 aromatic heterocycles. The summed E-state index contributed by atoms with van der Waals surface area (Å²) in [6.07, 6.45) is 10.3. The van der Waals surface area contributed by atoms with E-state index in [-0.39, 0.29) is 0 Å². The molecule has 0 N–H and O–H groups in total. The SMILES string of the molecule is CCCC(CC)CCC1=C(c2sccc2CC)S(=[SiH2])C=C1. The molecule has 1 aromatic rings. The summed E-state index contributed by atoms with van der Waals surface area (Å²) in [4.78, 5) is 3.23. The first-order chi connectivity index (χ1) is 10.2. The smallest absolute Gasteiger partial charge is 0.0433 e. The van der Waals surface area contributed by atoms with Crippen molar-refractivity contribution in [3.63, 3.8) is 0 Å². The van der Waals surface area contributed by atoms with Gasteiger partial charge in [-0.15, -0.1) is 11.3 Å². The summed E-state index contributed by atoms with van der Waals surface area (Å²) >= 11 is 1.94. The minimum Gasteiger partial charge on any atom is -0.164 e. The van der Waals surface area contributed by atoms with Gasteiger partial charge in [-0.3, -0.25) is 0 Å². The quantitative estimate of drug-likeness (QED) is 0.513. The summed E-state index contributed by atoms with van der Waals surface area (Å²) in [5.41, 5.74) is 3.17. The van der Waals surface area contributed by atoms with Gasteiger partial charge in [0.05, 0.1) is 0 Å². The lowest BCUT2D eigenvalue weighted by atomic mass is 9.93. The van der Waals surface area contributed by atoms with Crippen LogP contribution in [0.15, 0.2) is 28.5 Å². The molecule has 0 aliphatic carbocycles. The Morgan fingerprint density at radius 3 is 2.71 bits per heavy atom. The van der Waals surface area contributed by atoms with Gasteiger partial charge in [0.2, 0.25) is 0 Å². The summed E-state index contributed by atoms with van der Waals surface area (Å²) in [5, 5.41) is 4.70. The zero-order valence-electron chi connectivity index (χ0n) is 13.7. The molecule has 1 aliphatic rings. The van der Waals surface area contributed by atoms with E-state index in [1.807, 2.05) is 11.3 Å². The number of hydrogen-bond acceptors (Lipinski definition) is 1. The maximum Gasteiger partial charge on any atom is 0.0433 e. The van der Waals surface area contributed by atoms with Crippen LogP contribution in [0.1, 0.15) is 63.3 Å². The van der Waals surface area contributed by atoms with Crippen molar-refractivity contribution < 1.29 is 0 Å². The number of aryl methyl sites for hydroxylation is 1. The van der Waals surface area contributed by atoms with Crippen molar-refractivity contribution in [2.45, 2.75) is 59.3 Å². The molecule has 0 saturated heterocycles. The Morgan fingerprint density at radius 2 is 2.05 bits per heavy atom. The average Bonchev–Trinajstić information content (AvgIpc) is 3.09. The highest BCUT2D eigenvalue weighted by Gasteiger charge is 2.18. The van der Waals surface area contributed by atoms with Gasteiger partial charge in [-0.25, -0.2) is 0 Å². The molecule has 2 atom stereocenters. The first kappa shape index (κ1) is 17.1. The summed E-state index contributed by atoms with van der Waals surface area (Å²) in [7, 11) is 2.49. The van der Waals surface area contributed by atoms with Gasteiger partial charge in [0.25, 0.3) is 0 Å². The summed E-state index contributed by atoms with van der Waals surface area (Å²) in [6, 6.07) is 2.31. The van der Waals surface area contributed by atoms with E-state index in [4.69, 9.17) is 0 Å². The highest BCUT2D eigenvalue weighted by atomic mass is 32.3. The Kier molecular flexibility index (Phi) is 6.84. The monoisotopic (exact) mass is 336 g/mol. The average molecular weight is 337 g/mol. The second-order valence-corrected chi connectivity index (χ2v) is 10.1. The molecular formula is C18H28S2Si. The maximum absolute atomic E-state index is 2.43. The van der Waals surface area contributed by atoms with Crippen LogP contribution in [0.5, 0.6) is 0 Å². The standard InChI is InChI=1S/C18H28S2Si/c1-4-7-14(5-2)8-9-16-11-13-20(21)18(16)17-15(6-3)10-12-19-17/h10-14H,4-9,21H2,1-3H3. The molecule has 3 heteroatoms. The van der Waals surface area contributed by atoms with Crippen molar-refractivity contribution >= 4 is 35.1 Å². The highest BCUT2D eigenvalue weighted by Crippen LogP contribution is 2.46. The van der Waals surface area contributed by atoms with E-state index in [9.17, 15) is 0 Å². The van der Waals surface area contributed by atoms with E-state index in [1.165, 1.54) is 32.1 Å². The normalized spacial score (nSPS) is 19.5. The molecule has 0 saturated carbocycles. The molecular weight excluding hydrogens is 308 g/mol. The third kappa shape index (κ3) is 4.14. The first-order valence-electron chi connectivity index (χ1n) is 8.22. The maximum atomic E-state index is 2.43. The minimum absolute atomic E-state index is 0.335. The van der Waals surface area contributed by atoms with E-state index in [2.05, 4.69) is 52.7 Å². The molecule has 0 aromatic carbocycles. The predicted molar refractivity (Wildman–Crippen MR) is 104 cm³/mol. The van der Waals surface area contributed by atoms with Crippen LogP contribution < -0.4 is 0 Å². The molecule has 0 radical (unpaired) electrons. The molecule has 21 heavy (non-hydrogen) atoms. The molecule has 2 unspecified atom stereocenters. The lowest BCUT2D eigenvalue weighted by Gasteiger charge is -2.15. The van der Waals surface area contributed by atoms with Crippen LogP contribution in [0.2, 0.25) is 0 Å². The van der Waals surface area contributed by atoms with Crippen molar-refractivity contribution in [2.24, 2.45) is 5.92 Å². The first-order valence-corrected chi connectivity index (χ1v) is 12.3. The molecule has 2 rings (SSSR count). The molecule has 0 spiro atoms. The number of hydrogen-bond donors (Lipinski definition) is 0. The molecule has 2 heterocycles.